The van der Waals surface area contributed by atoms with Crippen molar-refractivity contribution in [1.82, 2.24) is 14.8 Å². The fourth-order valence-electron chi connectivity index (χ4n) is 4.39. The van der Waals surface area contributed by atoms with Crippen LogP contribution < -0.4 is 0 Å². The van der Waals surface area contributed by atoms with E-state index in [1.165, 1.54) is 24.1 Å². The van der Waals surface area contributed by atoms with Crippen molar-refractivity contribution in [2.45, 2.75) is 45.8 Å². The quantitative estimate of drug-likeness (QED) is 0.861. The molecule has 2 heterocycles. The van der Waals surface area contributed by atoms with E-state index in [9.17, 15) is 4.79 Å². The van der Waals surface area contributed by atoms with Gasteiger partial charge in [-0.25, -0.2) is 0 Å². The first-order chi connectivity index (χ1) is 12.0. The van der Waals surface area contributed by atoms with Crippen LogP contribution in [0.25, 0.3) is 0 Å². The average Bonchev–Trinajstić information content (AvgIpc) is 3.44. The number of carbonyl (C=O) groups excluding carboxylic acids is 1. The molecule has 5 nitrogen and oxygen atoms in total. The number of ether oxygens (including phenoxy) is 1. The van der Waals surface area contributed by atoms with Crippen LogP contribution in [0.15, 0.2) is 6.07 Å². The number of nitrogens with one attached hydrogen (secondary N) is 1. The molecule has 1 aromatic rings. The normalized spacial score (nSPS) is 29.6. The van der Waals surface area contributed by atoms with Crippen molar-refractivity contribution in [1.29, 1.82) is 0 Å². The summed E-state index contributed by atoms with van der Waals surface area (Å²) >= 11 is 0. The number of carbonyl (C=O) groups is 1. The first-order valence-corrected chi connectivity index (χ1v) is 9.75. The second kappa shape index (κ2) is 6.76. The van der Waals surface area contributed by atoms with Gasteiger partial charge in [-0.1, -0.05) is 0 Å². The Labute approximate surface area is 150 Å². The third-order valence-corrected chi connectivity index (χ3v) is 6.08. The number of aromatic nitrogens is 1. The summed E-state index contributed by atoms with van der Waals surface area (Å²) in [4.78, 5) is 20.9. The summed E-state index contributed by atoms with van der Waals surface area (Å²) in [5.41, 5.74) is 3.57. The summed E-state index contributed by atoms with van der Waals surface area (Å²) < 4.78 is 5.95. The van der Waals surface area contributed by atoms with E-state index < -0.39 is 0 Å². The molecule has 1 amide bonds. The summed E-state index contributed by atoms with van der Waals surface area (Å²) in [5, 5.41) is 0. The number of morpholine rings is 1. The van der Waals surface area contributed by atoms with Gasteiger partial charge in [-0.3, -0.25) is 4.79 Å². The van der Waals surface area contributed by atoms with E-state index in [-0.39, 0.29) is 12.0 Å². The third kappa shape index (κ3) is 3.93. The summed E-state index contributed by atoms with van der Waals surface area (Å²) in [7, 11) is 2.13. The van der Waals surface area contributed by atoms with Gasteiger partial charge in [0.25, 0.3) is 0 Å². The van der Waals surface area contributed by atoms with Gasteiger partial charge in [0, 0.05) is 43.5 Å². The molecule has 0 unspecified atom stereocenters. The largest absolute Gasteiger partial charge is 0.374 e. The van der Waals surface area contributed by atoms with Gasteiger partial charge in [0.1, 0.15) is 0 Å². The van der Waals surface area contributed by atoms with E-state index in [0.29, 0.717) is 24.9 Å². The minimum atomic E-state index is 0.126. The van der Waals surface area contributed by atoms with Gasteiger partial charge in [0.15, 0.2) is 0 Å². The molecule has 3 atom stereocenters. The van der Waals surface area contributed by atoms with Gasteiger partial charge in [-0.2, -0.15) is 0 Å². The van der Waals surface area contributed by atoms with Crippen LogP contribution in [0.2, 0.25) is 0 Å². The molecule has 0 aromatic carbocycles. The number of H-pyrrole nitrogens is 1. The number of rotatable bonds is 6. The second-order valence-electron chi connectivity index (χ2n) is 8.42. The fourth-order valence-corrected chi connectivity index (χ4v) is 4.39. The van der Waals surface area contributed by atoms with Crippen molar-refractivity contribution < 1.29 is 9.53 Å². The minimum absolute atomic E-state index is 0.126. The number of nitrogens with zero attached hydrogens (tertiary/aromatic N) is 2. The number of hydrogen-bond donors (Lipinski definition) is 1. The van der Waals surface area contributed by atoms with Crippen LogP contribution in [0.1, 0.15) is 36.2 Å². The Kier molecular flexibility index (Phi) is 4.63. The van der Waals surface area contributed by atoms with Gasteiger partial charge >= 0.3 is 0 Å². The number of amides is 1. The van der Waals surface area contributed by atoms with Crippen LogP contribution in [0.5, 0.6) is 0 Å². The van der Waals surface area contributed by atoms with Crippen LogP contribution in [-0.2, 0) is 16.1 Å². The summed E-state index contributed by atoms with van der Waals surface area (Å²) in [5.74, 6) is 2.13. The lowest BCUT2D eigenvalue weighted by atomic mass is 10.1. The first-order valence-electron chi connectivity index (χ1n) is 9.75. The zero-order valence-corrected chi connectivity index (χ0v) is 15.8. The van der Waals surface area contributed by atoms with Crippen LogP contribution in [0.3, 0.4) is 0 Å². The Balaban J connectivity index is 1.46. The van der Waals surface area contributed by atoms with E-state index in [1.807, 2.05) is 0 Å². The van der Waals surface area contributed by atoms with Gasteiger partial charge in [-0.15, -0.1) is 0 Å². The molecule has 1 saturated heterocycles. The van der Waals surface area contributed by atoms with Gasteiger partial charge in [0.05, 0.1) is 12.7 Å². The third-order valence-electron chi connectivity index (χ3n) is 6.08. The Morgan fingerprint density at radius 3 is 2.84 bits per heavy atom. The lowest BCUT2D eigenvalue weighted by Crippen LogP contribution is -2.47. The molecule has 25 heavy (non-hydrogen) atoms. The monoisotopic (exact) mass is 345 g/mol. The zero-order valence-electron chi connectivity index (χ0n) is 15.8. The summed E-state index contributed by atoms with van der Waals surface area (Å²) in [6.07, 6.45) is 3.90. The van der Waals surface area contributed by atoms with Crippen molar-refractivity contribution in [3.05, 3.63) is 23.0 Å². The molecule has 1 aromatic heterocycles. The highest BCUT2D eigenvalue weighted by atomic mass is 16.5. The molecular formula is C20H31N3O2. The Morgan fingerprint density at radius 1 is 1.40 bits per heavy atom. The van der Waals surface area contributed by atoms with Crippen LogP contribution in [-0.4, -0.2) is 60.1 Å². The molecule has 4 rings (SSSR count). The van der Waals surface area contributed by atoms with Crippen molar-refractivity contribution in [2.24, 2.45) is 17.8 Å². The molecule has 3 fully saturated rings. The van der Waals surface area contributed by atoms with Crippen LogP contribution in [0.4, 0.5) is 0 Å². The molecule has 2 saturated carbocycles. The van der Waals surface area contributed by atoms with Crippen LogP contribution >= 0.6 is 0 Å². The maximum atomic E-state index is 13.2. The van der Waals surface area contributed by atoms with Crippen molar-refractivity contribution >= 4 is 5.91 Å². The van der Waals surface area contributed by atoms with E-state index in [2.05, 4.69) is 41.7 Å². The number of aryl methyl sites for hydroxylation is 2. The van der Waals surface area contributed by atoms with Gasteiger partial charge in [0.2, 0.25) is 5.91 Å². The topological polar surface area (TPSA) is 48.6 Å². The minimum Gasteiger partial charge on any atom is -0.374 e. The van der Waals surface area contributed by atoms with Crippen molar-refractivity contribution in [3.63, 3.8) is 0 Å². The molecule has 1 aliphatic heterocycles. The molecule has 0 spiro atoms. The molecule has 2 aliphatic carbocycles. The highest BCUT2D eigenvalue weighted by Gasteiger charge is 2.52. The van der Waals surface area contributed by atoms with E-state index in [4.69, 9.17) is 4.74 Å². The SMILES string of the molecule is Cc1cc(CN(C[C@@H]2CN(C)CCO2)C(=O)[C@H]2C[C@@H]2C2CC2)c(C)[nH]1. The molecule has 0 radical (unpaired) electrons. The predicted octanol–water partition coefficient (Wildman–Crippen LogP) is 2.34. The lowest BCUT2D eigenvalue weighted by molar-refractivity contribution is -0.137. The maximum absolute atomic E-state index is 13.2. The number of hydrogen-bond acceptors (Lipinski definition) is 3. The van der Waals surface area contributed by atoms with E-state index in [1.54, 1.807) is 0 Å². The van der Waals surface area contributed by atoms with Gasteiger partial charge < -0.3 is 19.5 Å². The highest BCUT2D eigenvalue weighted by Crippen LogP contribution is 2.55. The summed E-state index contributed by atoms with van der Waals surface area (Å²) in [6.45, 7) is 8.23. The predicted molar refractivity (Wildman–Crippen MR) is 97.2 cm³/mol. The summed E-state index contributed by atoms with van der Waals surface area (Å²) in [6, 6.07) is 2.18. The molecule has 0 bridgehead atoms. The molecule has 5 heteroatoms. The smallest absolute Gasteiger partial charge is 0.226 e. The molecule has 138 valence electrons. The highest BCUT2D eigenvalue weighted by molar-refractivity contribution is 5.82. The zero-order chi connectivity index (χ0) is 17.6. The second-order valence-corrected chi connectivity index (χ2v) is 8.42. The Morgan fingerprint density at radius 2 is 2.20 bits per heavy atom. The Bertz CT molecular complexity index is 637. The van der Waals surface area contributed by atoms with Crippen molar-refractivity contribution in [3.8, 4) is 0 Å². The first kappa shape index (κ1) is 17.1. The van der Waals surface area contributed by atoms with E-state index in [0.717, 1.165) is 37.7 Å². The lowest BCUT2D eigenvalue weighted by Gasteiger charge is -2.34. The number of aromatic amines is 1. The van der Waals surface area contributed by atoms with Gasteiger partial charge in [-0.05, 0) is 63.6 Å². The molecular weight excluding hydrogens is 314 g/mol. The standard InChI is InChI=1S/C20H31N3O2/c1-13-8-16(14(2)21-13)10-23(12-17-11-22(3)6-7-25-17)20(24)19-9-18(19)15-4-5-15/h8,15,17-19,21H,4-7,9-12H2,1-3H3/t17-,18+,19-/m0/s1. The Hall–Kier alpha value is -1.33. The fraction of sp³-hybridized carbons (Fsp3) is 0.750. The molecule has 3 aliphatic rings. The van der Waals surface area contributed by atoms with Crippen LogP contribution in [0, 0.1) is 31.6 Å². The maximum Gasteiger partial charge on any atom is 0.226 e. The van der Waals surface area contributed by atoms with Crippen molar-refractivity contribution in [2.75, 3.05) is 33.3 Å². The molecule has 1 N–H and O–H groups in total. The van der Waals surface area contributed by atoms with E-state index >= 15 is 0 Å². The number of likely N-dealkylation sites (N-methyl/N-ethyl adjacent to an activating group) is 1. The average molecular weight is 345 g/mol.